The lowest BCUT2D eigenvalue weighted by atomic mass is 9.83. The van der Waals surface area contributed by atoms with Crippen molar-refractivity contribution in [3.8, 4) is 0 Å². The number of hydrogen-bond donors (Lipinski definition) is 0. The van der Waals surface area contributed by atoms with Crippen LogP contribution in [0.5, 0.6) is 0 Å². The van der Waals surface area contributed by atoms with Gasteiger partial charge in [-0.25, -0.2) is 0 Å². The van der Waals surface area contributed by atoms with E-state index in [1.807, 2.05) is 0 Å². The van der Waals surface area contributed by atoms with Gasteiger partial charge in [0.1, 0.15) is 0 Å². The Hall–Kier alpha value is -0.0800. The summed E-state index contributed by atoms with van der Waals surface area (Å²) in [5.41, 5.74) is 0.313. The van der Waals surface area contributed by atoms with Crippen molar-refractivity contribution in [2.45, 2.75) is 53.2 Å². The van der Waals surface area contributed by atoms with Crippen LogP contribution in [0.25, 0.3) is 0 Å². The first-order valence-electron chi connectivity index (χ1n) is 5.83. The van der Waals surface area contributed by atoms with Gasteiger partial charge in [0.2, 0.25) is 0 Å². The lowest BCUT2D eigenvalue weighted by Crippen LogP contribution is -2.50. The predicted molar refractivity (Wildman–Crippen MR) is 60.5 cm³/mol. The van der Waals surface area contributed by atoms with E-state index in [-0.39, 0.29) is 0 Å². The fraction of sp³-hybridized carbons (Fsp3) is 1.00. The highest BCUT2D eigenvalue weighted by molar-refractivity contribution is 4.84. The fourth-order valence-electron chi connectivity index (χ4n) is 1.84. The summed E-state index contributed by atoms with van der Waals surface area (Å²) >= 11 is 0. The normalized spacial score (nSPS) is 25.7. The minimum Gasteiger partial charge on any atom is -0.375 e. The van der Waals surface area contributed by atoms with E-state index in [1.165, 1.54) is 6.42 Å². The van der Waals surface area contributed by atoms with Crippen molar-refractivity contribution in [3.63, 3.8) is 0 Å². The quantitative estimate of drug-likeness (QED) is 0.692. The second-order valence-electron chi connectivity index (χ2n) is 5.29. The third-order valence-corrected chi connectivity index (χ3v) is 3.61. The number of hydrogen-bond acceptors (Lipinski definition) is 2. The SMILES string of the molecule is CCC(C)(C)[C@@H]1CN(C(C)C)CCO1. The van der Waals surface area contributed by atoms with Crippen molar-refractivity contribution < 1.29 is 4.74 Å². The molecule has 0 amide bonds. The van der Waals surface area contributed by atoms with Crippen LogP contribution in [-0.4, -0.2) is 36.7 Å². The summed E-state index contributed by atoms with van der Waals surface area (Å²) in [5.74, 6) is 0. The molecule has 0 aromatic carbocycles. The smallest absolute Gasteiger partial charge is 0.0753 e. The van der Waals surface area contributed by atoms with E-state index in [1.54, 1.807) is 0 Å². The van der Waals surface area contributed by atoms with E-state index in [0.717, 1.165) is 19.7 Å². The van der Waals surface area contributed by atoms with Crippen molar-refractivity contribution in [1.82, 2.24) is 4.90 Å². The minimum atomic E-state index is 0.313. The van der Waals surface area contributed by atoms with Crippen LogP contribution in [0, 0.1) is 5.41 Å². The summed E-state index contributed by atoms with van der Waals surface area (Å²) in [6, 6.07) is 0.647. The van der Waals surface area contributed by atoms with Crippen LogP contribution in [0.1, 0.15) is 41.0 Å². The molecule has 0 N–H and O–H groups in total. The van der Waals surface area contributed by atoms with Crippen LogP contribution < -0.4 is 0 Å². The molecule has 84 valence electrons. The van der Waals surface area contributed by atoms with Crippen LogP contribution >= 0.6 is 0 Å². The van der Waals surface area contributed by atoms with Gasteiger partial charge >= 0.3 is 0 Å². The van der Waals surface area contributed by atoms with E-state index in [9.17, 15) is 0 Å². The summed E-state index contributed by atoms with van der Waals surface area (Å²) in [5, 5.41) is 0. The summed E-state index contributed by atoms with van der Waals surface area (Å²) < 4.78 is 5.87. The topological polar surface area (TPSA) is 12.5 Å². The monoisotopic (exact) mass is 199 g/mol. The molecule has 0 aromatic heterocycles. The molecule has 1 saturated heterocycles. The highest BCUT2D eigenvalue weighted by Crippen LogP contribution is 2.29. The van der Waals surface area contributed by atoms with Gasteiger partial charge in [-0.1, -0.05) is 20.8 Å². The van der Waals surface area contributed by atoms with Crippen molar-refractivity contribution in [2.75, 3.05) is 19.7 Å². The number of rotatable bonds is 3. The van der Waals surface area contributed by atoms with E-state index < -0.39 is 0 Å². The van der Waals surface area contributed by atoms with Crippen LogP contribution in [0.4, 0.5) is 0 Å². The summed E-state index contributed by atoms with van der Waals surface area (Å²) in [7, 11) is 0. The molecule has 0 radical (unpaired) electrons. The van der Waals surface area contributed by atoms with Crippen molar-refractivity contribution in [1.29, 1.82) is 0 Å². The van der Waals surface area contributed by atoms with Crippen LogP contribution in [0.15, 0.2) is 0 Å². The third kappa shape index (κ3) is 2.71. The lowest BCUT2D eigenvalue weighted by molar-refractivity contribution is -0.0930. The van der Waals surface area contributed by atoms with E-state index in [0.29, 0.717) is 17.6 Å². The average molecular weight is 199 g/mol. The second kappa shape index (κ2) is 4.63. The van der Waals surface area contributed by atoms with Crippen molar-refractivity contribution >= 4 is 0 Å². The minimum absolute atomic E-state index is 0.313. The van der Waals surface area contributed by atoms with Gasteiger partial charge in [-0.3, -0.25) is 4.90 Å². The van der Waals surface area contributed by atoms with Gasteiger partial charge in [-0.05, 0) is 25.7 Å². The Bertz CT molecular complexity index is 177. The molecule has 2 nitrogen and oxygen atoms in total. The van der Waals surface area contributed by atoms with Gasteiger partial charge in [-0.15, -0.1) is 0 Å². The molecule has 0 aliphatic carbocycles. The first-order valence-corrected chi connectivity index (χ1v) is 5.83. The Morgan fingerprint density at radius 2 is 2.07 bits per heavy atom. The van der Waals surface area contributed by atoms with Crippen molar-refractivity contribution in [2.24, 2.45) is 5.41 Å². The predicted octanol–water partition coefficient (Wildman–Crippen LogP) is 2.53. The van der Waals surface area contributed by atoms with Gasteiger partial charge in [0.15, 0.2) is 0 Å². The maximum Gasteiger partial charge on any atom is 0.0753 e. The van der Waals surface area contributed by atoms with Crippen molar-refractivity contribution in [3.05, 3.63) is 0 Å². The molecule has 14 heavy (non-hydrogen) atoms. The van der Waals surface area contributed by atoms with Crippen LogP contribution in [-0.2, 0) is 4.74 Å². The zero-order valence-electron chi connectivity index (χ0n) is 10.3. The van der Waals surface area contributed by atoms with Crippen LogP contribution in [0.3, 0.4) is 0 Å². The first-order chi connectivity index (χ1) is 6.47. The summed E-state index contributed by atoms with van der Waals surface area (Å²) in [6.07, 6.45) is 1.59. The van der Waals surface area contributed by atoms with Gasteiger partial charge in [0.05, 0.1) is 12.7 Å². The molecule has 0 spiro atoms. The zero-order valence-corrected chi connectivity index (χ0v) is 10.3. The number of morpholine rings is 1. The van der Waals surface area contributed by atoms with Gasteiger partial charge < -0.3 is 4.74 Å². The number of nitrogens with zero attached hydrogens (tertiary/aromatic N) is 1. The third-order valence-electron chi connectivity index (χ3n) is 3.61. The number of ether oxygens (including phenoxy) is 1. The highest BCUT2D eigenvalue weighted by Gasteiger charge is 2.33. The molecule has 0 bridgehead atoms. The first kappa shape index (κ1) is 12.0. The Balaban J connectivity index is 2.56. The molecule has 0 unspecified atom stereocenters. The van der Waals surface area contributed by atoms with E-state index in [2.05, 4.69) is 39.5 Å². The molecule has 1 atom stereocenters. The molecule has 1 heterocycles. The molecule has 1 rings (SSSR count). The molecular formula is C12H25NO. The summed E-state index contributed by atoms with van der Waals surface area (Å²) in [6.45, 7) is 14.5. The van der Waals surface area contributed by atoms with E-state index >= 15 is 0 Å². The highest BCUT2D eigenvalue weighted by atomic mass is 16.5. The Morgan fingerprint density at radius 1 is 1.43 bits per heavy atom. The van der Waals surface area contributed by atoms with Crippen LogP contribution in [0.2, 0.25) is 0 Å². The Morgan fingerprint density at radius 3 is 2.57 bits per heavy atom. The summed E-state index contributed by atoms with van der Waals surface area (Å²) in [4.78, 5) is 2.52. The Kier molecular flexibility index (Phi) is 3.96. The lowest BCUT2D eigenvalue weighted by Gasteiger charge is -2.42. The van der Waals surface area contributed by atoms with Gasteiger partial charge in [0.25, 0.3) is 0 Å². The van der Waals surface area contributed by atoms with E-state index in [4.69, 9.17) is 4.74 Å². The van der Waals surface area contributed by atoms with Gasteiger partial charge in [-0.2, -0.15) is 0 Å². The zero-order chi connectivity index (χ0) is 10.8. The molecule has 1 fully saturated rings. The van der Waals surface area contributed by atoms with Gasteiger partial charge in [0, 0.05) is 19.1 Å². The maximum atomic E-state index is 5.87. The average Bonchev–Trinajstić information content (AvgIpc) is 2.18. The fourth-order valence-corrected chi connectivity index (χ4v) is 1.84. The maximum absolute atomic E-state index is 5.87. The molecule has 1 aliphatic rings. The second-order valence-corrected chi connectivity index (χ2v) is 5.29. The molecule has 1 aliphatic heterocycles. The molecule has 2 heteroatoms. The standard InChI is InChI=1S/C12H25NO/c1-6-12(4,5)11-9-13(10(2)3)7-8-14-11/h10-11H,6-9H2,1-5H3/t11-/m0/s1. The Labute approximate surface area is 88.6 Å². The molecule has 0 aromatic rings. The molecular weight excluding hydrogens is 174 g/mol. The molecule has 0 saturated carbocycles. The largest absolute Gasteiger partial charge is 0.375 e.